The molecule has 0 radical (unpaired) electrons. The minimum atomic E-state index is -1.36. The Kier molecular flexibility index (Phi) is 2.63. The Morgan fingerprint density at radius 2 is 2.09 bits per heavy atom. The Labute approximate surface area is 66.3 Å². The molecule has 2 atom stereocenters. The lowest BCUT2D eigenvalue weighted by atomic mass is 9.90. The van der Waals surface area contributed by atoms with E-state index >= 15 is 0 Å². The van der Waals surface area contributed by atoms with Crippen molar-refractivity contribution in [1.29, 1.82) is 0 Å². The zero-order chi connectivity index (χ0) is 8.43. The molecule has 64 valence electrons. The number of hydrogen-bond donors (Lipinski definition) is 0. The van der Waals surface area contributed by atoms with Crippen molar-refractivity contribution in [3.8, 4) is 0 Å². The van der Waals surface area contributed by atoms with Gasteiger partial charge in [0.2, 0.25) is 0 Å². The molecule has 0 bridgehead atoms. The van der Waals surface area contributed by atoms with Crippen LogP contribution >= 0.6 is 0 Å². The SMILES string of the molecule is CC(C)C1=CC(F)C(F)CC1. The molecule has 1 rings (SSSR count). The molecular weight excluding hydrogens is 146 g/mol. The van der Waals surface area contributed by atoms with E-state index in [1.165, 1.54) is 6.08 Å². The van der Waals surface area contributed by atoms with Crippen LogP contribution in [0.15, 0.2) is 11.6 Å². The van der Waals surface area contributed by atoms with Crippen LogP contribution in [0.3, 0.4) is 0 Å². The third-order valence-corrected chi connectivity index (χ3v) is 2.17. The summed E-state index contributed by atoms with van der Waals surface area (Å²) in [4.78, 5) is 0. The van der Waals surface area contributed by atoms with Crippen LogP contribution in [-0.2, 0) is 0 Å². The highest BCUT2D eigenvalue weighted by Crippen LogP contribution is 2.27. The van der Waals surface area contributed by atoms with Gasteiger partial charge in [0.05, 0.1) is 0 Å². The van der Waals surface area contributed by atoms with Gasteiger partial charge in [-0.2, -0.15) is 0 Å². The standard InChI is InChI=1S/C9H14F2/c1-6(2)7-3-4-8(10)9(11)5-7/h5-6,8-9H,3-4H2,1-2H3. The number of rotatable bonds is 1. The molecule has 1 aliphatic rings. The molecule has 0 aliphatic heterocycles. The van der Waals surface area contributed by atoms with Crippen LogP contribution in [0.25, 0.3) is 0 Å². The van der Waals surface area contributed by atoms with Crippen LogP contribution < -0.4 is 0 Å². The molecule has 0 N–H and O–H groups in total. The van der Waals surface area contributed by atoms with Crippen molar-refractivity contribution < 1.29 is 8.78 Å². The fourth-order valence-electron chi connectivity index (χ4n) is 1.34. The van der Waals surface area contributed by atoms with E-state index in [0.29, 0.717) is 12.3 Å². The summed E-state index contributed by atoms with van der Waals surface area (Å²) in [5.41, 5.74) is 1.06. The highest BCUT2D eigenvalue weighted by atomic mass is 19.2. The molecule has 0 nitrogen and oxygen atoms in total. The lowest BCUT2D eigenvalue weighted by molar-refractivity contribution is 0.182. The van der Waals surface area contributed by atoms with E-state index in [1.807, 2.05) is 13.8 Å². The summed E-state index contributed by atoms with van der Waals surface area (Å²) < 4.78 is 25.3. The summed E-state index contributed by atoms with van der Waals surface area (Å²) in [5.74, 6) is 0.362. The van der Waals surface area contributed by atoms with Crippen LogP contribution in [-0.4, -0.2) is 12.3 Å². The summed E-state index contributed by atoms with van der Waals surface area (Å²) in [5, 5.41) is 0. The number of alkyl halides is 2. The van der Waals surface area contributed by atoms with Crippen molar-refractivity contribution in [1.82, 2.24) is 0 Å². The highest BCUT2D eigenvalue weighted by Gasteiger charge is 2.24. The number of hydrogen-bond acceptors (Lipinski definition) is 0. The van der Waals surface area contributed by atoms with Crippen molar-refractivity contribution in [2.45, 2.75) is 39.0 Å². The molecule has 2 heteroatoms. The summed E-state index contributed by atoms with van der Waals surface area (Å²) in [6.45, 7) is 4.02. The van der Waals surface area contributed by atoms with E-state index in [2.05, 4.69) is 0 Å². The maximum absolute atomic E-state index is 12.7. The molecule has 0 amide bonds. The van der Waals surface area contributed by atoms with Gasteiger partial charge in [-0.25, -0.2) is 8.78 Å². The molecule has 2 unspecified atom stereocenters. The van der Waals surface area contributed by atoms with E-state index in [0.717, 1.165) is 12.0 Å². The normalized spacial score (nSPS) is 32.3. The predicted molar refractivity (Wildman–Crippen MR) is 41.9 cm³/mol. The molecule has 0 aromatic heterocycles. The zero-order valence-electron chi connectivity index (χ0n) is 6.98. The average molecular weight is 160 g/mol. The van der Waals surface area contributed by atoms with E-state index in [1.54, 1.807) is 0 Å². The molecule has 0 aromatic rings. The van der Waals surface area contributed by atoms with Crippen LogP contribution in [0.1, 0.15) is 26.7 Å². The smallest absolute Gasteiger partial charge is 0.150 e. The van der Waals surface area contributed by atoms with Gasteiger partial charge in [-0.05, 0) is 24.8 Å². The van der Waals surface area contributed by atoms with E-state index in [-0.39, 0.29) is 0 Å². The Morgan fingerprint density at radius 1 is 1.45 bits per heavy atom. The van der Waals surface area contributed by atoms with Gasteiger partial charge < -0.3 is 0 Å². The third kappa shape index (κ3) is 2.01. The van der Waals surface area contributed by atoms with E-state index < -0.39 is 12.3 Å². The zero-order valence-corrected chi connectivity index (χ0v) is 6.98. The quantitative estimate of drug-likeness (QED) is 0.517. The van der Waals surface area contributed by atoms with Crippen molar-refractivity contribution in [2.24, 2.45) is 5.92 Å². The largest absolute Gasteiger partial charge is 0.244 e. The Balaban J connectivity index is 2.63. The number of halogens is 2. The van der Waals surface area contributed by atoms with Crippen molar-refractivity contribution >= 4 is 0 Å². The maximum Gasteiger partial charge on any atom is 0.150 e. The summed E-state index contributed by atoms with van der Waals surface area (Å²) in [6.07, 6.45) is -0.109. The van der Waals surface area contributed by atoms with Crippen LogP contribution in [0.5, 0.6) is 0 Å². The van der Waals surface area contributed by atoms with Crippen LogP contribution in [0.4, 0.5) is 8.78 Å². The fraction of sp³-hybridized carbons (Fsp3) is 0.778. The minimum absolute atomic E-state index is 0.352. The van der Waals surface area contributed by atoms with Crippen LogP contribution in [0, 0.1) is 5.92 Å². The first-order chi connectivity index (χ1) is 5.11. The van der Waals surface area contributed by atoms with Gasteiger partial charge in [-0.1, -0.05) is 19.4 Å². The first-order valence-electron chi connectivity index (χ1n) is 4.10. The van der Waals surface area contributed by atoms with Gasteiger partial charge in [0.25, 0.3) is 0 Å². The Bertz CT molecular complexity index is 161. The summed E-state index contributed by atoms with van der Waals surface area (Å²) >= 11 is 0. The minimum Gasteiger partial charge on any atom is -0.244 e. The van der Waals surface area contributed by atoms with E-state index in [4.69, 9.17) is 0 Å². The van der Waals surface area contributed by atoms with Crippen molar-refractivity contribution in [2.75, 3.05) is 0 Å². The molecule has 0 saturated carbocycles. The topological polar surface area (TPSA) is 0 Å². The first-order valence-corrected chi connectivity index (χ1v) is 4.10. The second kappa shape index (κ2) is 3.33. The monoisotopic (exact) mass is 160 g/mol. The van der Waals surface area contributed by atoms with Crippen molar-refractivity contribution in [3.05, 3.63) is 11.6 Å². The van der Waals surface area contributed by atoms with Gasteiger partial charge in [0.15, 0.2) is 0 Å². The lowest BCUT2D eigenvalue weighted by Crippen LogP contribution is -2.21. The Morgan fingerprint density at radius 3 is 2.55 bits per heavy atom. The molecule has 1 aliphatic carbocycles. The second-order valence-electron chi connectivity index (χ2n) is 3.40. The summed E-state index contributed by atoms with van der Waals surface area (Å²) in [6, 6.07) is 0. The molecule has 0 spiro atoms. The number of allylic oxidation sites excluding steroid dienone is 2. The van der Waals surface area contributed by atoms with Crippen LogP contribution in [0.2, 0.25) is 0 Å². The average Bonchev–Trinajstić information content (AvgIpc) is 1.94. The third-order valence-electron chi connectivity index (χ3n) is 2.17. The summed E-state index contributed by atoms with van der Waals surface area (Å²) in [7, 11) is 0. The van der Waals surface area contributed by atoms with Gasteiger partial charge in [-0.15, -0.1) is 0 Å². The fourth-order valence-corrected chi connectivity index (χ4v) is 1.34. The molecule has 0 fully saturated rings. The predicted octanol–water partition coefficient (Wildman–Crippen LogP) is 3.04. The molecule has 0 aromatic carbocycles. The van der Waals surface area contributed by atoms with Gasteiger partial charge in [0.1, 0.15) is 12.3 Å². The molecule has 0 saturated heterocycles. The highest BCUT2D eigenvalue weighted by molar-refractivity contribution is 5.13. The van der Waals surface area contributed by atoms with Gasteiger partial charge >= 0.3 is 0 Å². The van der Waals surface area contributed by atoms with E-state index in [9.17, 15) is 8.78 Å². The van der Waals surface area contributed by atoms with Gasteiger partial charge in [-0.3, -0.25) is 0 Å². The van der Waals surface area contributed by atoms with Gasteiger partial charge in [0, 0.05) is 0 Å². The molecule has 11 heavy (non-hydrogen) atoms. The maximum atomic E-state index is 12.7. The van der Waals surface area contributed by atoms with Crippen molar-refractivity contribution in [3.63, 3.8) is 0 Å². The molecule has 0 heterocycles. The first kappa shape index (κ1) is 8.69. The lowest BCUT2D eigenvalue weighted by Gasteiger charge is -2.21. The second-order valence-corrected chi connectivity index (χ2v) is 3.40. The molecular formula is C9H14F2. The Hall–Kier alpha value is -0.400.